The second-order valence-corrected chi connectivity index (χ2v) is 5.71. The molecule has 17 heavy (non-hydrogen) atoms. The van der Waals surface area contributed by atoms with Gasteiger partial charge in [0.25, 0.3) is 0 Å². The molecule has 0 saturated carbocycles. The minimum atomic E-state index is -0.243. The second-order valence-electron chi connectivity index (χ2n) is 4.76. The molecule has 0 aliphatic carbocycles. The van der Waals surface area contributed by atoms with E-state index in [1.165, 1.54) is 15.6 Å². The minimum Gasteiger partial charge on any atom is -0.395 e. The maximum Gasteiger partial charge on any atom is 0.0540 e. The van der Waals surface area contributed by atoms with Crippen molar-refractivity contribution in [3.05, 3.63) is 35.2 Å². The summed E-state index contributed by atoms with van der Waals surface area (Å²) in [5.41, 5.74) is 0.948. The predicted molar refractivity (Wildman–Crippen MR) is 74.8 cm³/mol. The number of likely N-dealkylation sites (N-methyl/N-ethyl adjacent to an activating group) is 1. The first-order valence-electron chi connectivity index (χ1n) is 5.87. The van der Waals surface area contributed by atoms with E-state index in [1.807, 2.05) is 7.05 Å². The maximum atomic E-state index is 9.73. The van der Waals surface area contributed by atoms with Crippen LogP contribution in [0.15, 0.2) is 29.6 Å². The Morgan fingerprint density at radius 3 is 2.82 bits per heavy atom. The molecule has 3 heteroatoms. The molecule has 0 amide bonds. The van der Waals surface area contributed by atoms with Crippen molar-refractivity contribution >= 4 is 21.4 Å². The molecule has 2 atom stereocenters. The standard InChI is InChI=1S/C14H19NOS/c1-10(15-3)14(2,9-16)12-5-4-11-6-7-17-13(11)8-12/h4-8,10,15-16H,9H2,1-3H3. The molecule has 2 unspecified atom stereocenters. The molecule has 1 aromatic heterocycles. The van der Waals surface area contributed by atoms with Gasteiger partial charge in [-0.25, -0.2) is 0 Å². The van der Waals surface area contributed by atoms with Gasteiger partial charge in [-0.05, 0) is 42.4 Å². The quantitative estimate of drug-likeness (QED) is 0.873. The summed E-state index contributed by atoms with van der Waals surface area (Å²) in [5.74, 6) is 0. The van der Waals surface area contributed by atoms with E-state index >= 15 is 0 Å². The number of thiophene rings is 1. The second kappa shape index (κ2) is 4.77. The molecule has 92 valence electrons. The fraction of sp³-hybridized carbons (Fsp3) is 0.429. The first-order valence-corrected chi connectivity index (χ1v) is 6.75. The van der Waals surface area contributed by atoms with Gasteiger partial charge in [0.2, 0.25) is 0 Å². The van der Waals surface area contributed by atoms with Crippen LogP contribution in [0.1, 0.15) is 19.4 Å². The summed E-state index contributed by atoms with van der Waals surface area (Å²) in [5, 5.41) is 16.3. The van der Waals surface area contributed by atoms with Crippen LogP contribution < -0.4 is 5.32 Å². The number of rotatable bonds is 4. The third kappa shape index (κ3) is 2.10. The molecule has 0 aliphatic heterocycles. The van der Waals surface area contributed by atoms with Gasteiger partial charge in [-0.1, -0.05) is 19.1 Å². The van der Waals surface area contributed by atoms with Crippen LogP contribution in [-0.2, 0) is 5.41 Å². The van der Waals surface area contributed by atoms with Gasteiger partial charge in [0, 0.05) is 16.2 Å². The summed E-state index contributed by atoms with van der Waals surface area (Å²) in [6.45, 7) is 4.35. The monoisotopic (exact) mass is 249 g/mol. The topological polar surface area (TPSA) is 32.3 Å². The SMILES string of the molecule is CNC(C)C(C)(CO)c1ccc2ccsc2c1. The Kier molecular flexibility index (Phi) is 3.52. The highest BCUT2D eigenvalue weighted by Gasteiger charge is 2.31. The van der Waals surface area contributed by atoms with Crippen molar-refractivity contribution in [3.8, 4) is 0 Å². The number of benzene rings is 1. The van der Waals surface area contributed by atoms with Crippen LogP contribution in [0.4, 0.5) is 0 Å². The summed E-state index contributed by atoms with van der Waals surface area (Å²) in [4.78, 5) is 0. The first-order chi connectivity index (χ1) is 8.11. The van der Waals surface area contributed by atoms with Crippen LogP contribution in [0, 0.1) is 0 Å². The third-order valence-corrected chi connectivity index (χ3v) is 4.71. The minimum absolute atomic E-state index is 0.145. The molecule has 2 N–H and O–H groups in total. The van der Waals surface area contributed by atoms with E-state index in [0.717, 1.165) is 0 Å². The van der Waals surface area contributed by atoms with Crippen molar-refractivity contribution in [1.82, 2.24) is 5.32 Å². The highest BCUT2D eigenvalue weighted by atomic mass is 32.1. The van der Waals surface area contributed by atoms with E-state index < -0.39 is 0 Å². The van der Waals surface area contributed by atoms with Crippen molar-refractivity contribution in [1.29, 1.82) is 0 Å². The molecule has 2 nitrogen and oxygen atoms in total. The summed E-state index contributed by atoms with van der Waals surface area (Å²) in [6.07, 6.45) is 0. The Labute approximate surface area is 106 Å². The predicted octanol–water partition coefficient (Wildman–Crippen LogP) is 2.76. The van der Waals surface area contributed by atoms with E-state index in [1.54, 1.807) is 11.3 Å². The fourth-order valence-corrected chi connectivity index (χ4v) is 2.94. The van der Waals surface area contributed by atoms with Crippen LogP contribution in [0.3, 0.4) is 0 Å². The number of aliphatic hydroxyl groups excluding tert-OH is 1. The lowest BCUT2D eigenvalue weighted by atomic mass is 9.77. The zero-order chi connectivity index (χ0) is 12.5. The molecule has 0 aliphatic rings. The largest absolute Gasteiger partial charge is 0.395 e. The van der Waals surface area contributed by atoms with E-state index in [-0.39, 0.29) is 18.1 Å². The van der Waals surface area contributed by atoms with Gasteiger partial charge in [-0.3, -0.25) is 0 Å². The van der Waals surface area contributed by atoms with Crippen molar-refractivity contribution in [2.24, 2.45) is 0 Å². The summed E-state index contributed by atoms with van der Waals surface area (Å²) < 4.78 is 1.28. The summed E-state index contributed by atoms with van der Waals surface area (Å²) in [7, 11) is 1.93. The van der Waals surface area contributed by atoms with Gasteiger partial charge in [0.15, 0.2) is 0 Å². The lowest BCUT2D eigenvalue weighted by Gasteiger charge is -2.34. The van der Waals surface area contributed by atoms with Gasteiger partial charge in [0.05, 0.1) is 6.61 Å². The average Bonchev–Trinajstić information content (AvgIpc) is 2.83. The smallest absolute Gasteiger partial charge is 0.0540 e. The molecule has 0 saturated heterocycles. The Morgan fingerprint density at radius 2 is 2.18 bits per heavy atom. The normalized spacial score (nSPS) is 16.9. The van der Waals surface area contributed by atoms with Crippen LogP contribution in [0.2, 0.25) is 0 Å². The maximum absolute atomic E-state index is 9.73. The number of aliphatic hydroxyl groups is 1. The number of hydrogen-bond acceptors (Lipinski definition) is 3. The molecule has 2 aromatic rings. The van der Waals surface area contributed by atoms with E-state index in [9.17, 15) is 5.11 Å². The van der Waals surface area contributed by atoms with E-state index in [2.05, 4.69) is 48.8 Å². The summed E-state index contributed by atoms with van der Waals surface area (Å²) >= 11 is 1.75. The van der Waals surface area contributed by atoms with Crippen LogP contribution in [-0.4, -0.2) is 24.8 Å². The van der Waals surface area contributed by atoms with Gasteiger partial charge < -0.3 is 10.4 Å². The lowest BCUT2D eigenvalue weighted by Crippen LogP contribution is -2.45. The zero-order valence-electron chi connectivity index (χ0n) is 10.5. The molecular formula is C14H19NOS. The molecule has 1 heterocycles. The first kappa shape index (κ1) is 12.6. The molecular weight excluding hydrogens is 230 g/mol. The molecule has 0 spiro atoms. The van der Waals surface area contributed by atoms with E-state index in [0.29, 0.717) is 0 Å². The molecule has 1 aromatic carbocycles. The van der Waals surface area contributed by atoms with Gasteiger partial charge >= 0.3 is 0 Å². The molecule has 0 fully saturated rings. The fourth-order valence-electron chi connectivity index (χ4n) is 2.11. The molecule has 2 rings (SSSR count). The van der Waals surface area contributed by atoms with Crippen molar-refractivity contribution < 1.29 is 5.11 Å². The van der Waals surface area contributed by atoms with Crippen molar-refractivity contribution in [2.45, 2.75) is 25.3 Å². The third-order valence-electron chi connectivity index (χ3n) is 3.83. The Balaban J connectivity index is 2.48. The van der Waals surface area contributed by atoms with Crippen molar-refractivity contribution in [2.75, 3.05) is 13.7 Å². The van der Waals surface area contributed by atoms with E-state index in [4.69, 9.17) is 0 Å². The average molecular weight is 249 g/mol. The molecule has 0 radical (unpaired) electrons. The zero-order valence-corrected chi connectivity index (χ0v) is 11.3. The van der Waals surface area contributed by atoms with Gasteiger partial charge in [-0.15, -0.1) is 11.3 Å². The molecule has 0 bridgehead atoms. The summed E-state index contributed by atoms with van der Waals surface area (Å²) in [6, 6.07) is 8.81. The van der Waals surface area contributed by atoms with Crippen LogP contribution in [0.25, 0.3) is 10.1 Å². The Hall–Kier alpha value is -0.900. The Bertz CT molecular complexity index is 508. The van der Waals surface area contributed by atoms with Crippen molar-refractivity contribution in [3.63, 3.8) is 0 Å². The Morgan fingerprint density at radius 1 is 1.41 bits per heavy atom. The highest BCUT2D eigenvalue weighted by molar-refractivity contribution is 7.17. The lowest BCUT2D eigenvalue weighted by molar-refractivity contribution is 0.175. The van der Waals surface area contributed by atoms with Crippen LogP contribution in [0.5, 0.6) is 0 Å². The van der Waals surface area contributed by atoms with Crippen LogP contribution >= 0.6 is 11.3 Å². The van der Waals surface area contributed by atoms with Gasteiger partial charge in [0.1, 0.15) is 0 Å². The number of fused-ring (bicyclic) bond motifs is 1. The number of hydrogen-bond donors (Lipinski definition) is 2. The van der Waals surface area contributed by atoms with Gasteiger partial charge in [-0.2, -0.15) is 0 Å². The number of nitrogens with one attached hydrogen (secondary N) is 1. The highest BCUT2D eigenvalue weighted by Crippen LogP contribution is 2.31.